The molecule has 0 spiro atoms. The van der Waals surface area contributed by atoms with Crippen LogP contribution in [0.4, 0.5) is 28.8 Å². The lowest BCUT2D eigenvalue weighted by Gasteiger charge is -2.12. The number of hydrogen-bond donors (Lipinski definition) is 3. The molecule has 0 bridgehead atoms. The lowest BCUT2D eigenvalue weighted by Crippen LogP contribution is -2.13. The molecule has 0 saturated heterocycles. The fraction of sp³-hybridized carbons (Fsp3) is 0.125. The highest BCUT2D eigenvalue weighted by Gasteiger charge is 2.19. The molecule has 4 aromatic rings. The maximum absolute atomic E-state index is 12.8. The van der Waals surface area contributed by atoms with Crippen LogP contribution < -0.4 is 20.1 Å². The first-order valence-corrected chi connectivity index (χ1v) is 12.1. The number of pyridine rings is 1. The second-order valence-electron chi connectivity index (χ2n) is 7.70. The summed E-state index contributed by atoms with van der Waals surface area (Å²) in [6.45, 7) is 2.38. The van der Waals surface area contributed by atoms with Crippen LogP contribution in [0, 0.1) is 6.92 Å². The van der Waals surface area contributed by atoms with E-state index >= 15 is 0 Å². The average molecular weight is 475 g/mol. The Balaban J connectivity index is 1.28. The second kappa shape index (κ2) is 8.99. The summed E-state index contributed by atoms with van der Waals surface area (Å²) in [6, 6.07) is 19.2. The quantitative estimate of drug-likeness (QED) is 0.361. The molecule has 0 fully saturated rings. The predicted molar refractivity (Wildman–Crippen MR) is 130 cm³/mol. The van der Waals surface area contributed by atoms with Gasteiger partial charge in [-0.15, -0.1) is 0 Å². The van der Waals surface area contributed by atoms with Crippen molar-refractivity contribution < 1.29 is 13.2 Å². The van der Waals surface area contributed by atoms with Gasteiger partial charge in [-0.3, -0.25) is 4.72 Å². The Kier molecular flexibility index (Phi) is 5.72. The zero-order valence-electron chi connectivity index (χ0n) is 18.3. The van der Waals surface area contributed by atoms with Crippen molar-refractivity contribution in [1.82, 2.24) is 15.0 Å². The molecule has 5 rings (SSSR count). The minimum Gasteiger partial charge on any atom is -0.493 e. The Labute approximate surface area is 197 Å². The van der Waals surface area contributed by atoms with Gasteiger partial charge in [-0.25, -0.2) is 23.4 Å². The smallest absolute Gasteiger partial charge is 0.261 e. The summed E-state index contributed by atoms with van der Waals surface area (Å²) >= 11 is 0. The number of anilines is 5. The molecule has 2 aromatic carbocycles. The highest BCUT2D eigenvalue weighted by Crippen LogP contribution is 2.29. The number of sulfonamides is 1. The van der Waals surface area contributed by atoms with Crippen molar-refractivity contribution in [2.75, 3.05) is 22.0 Å². The van der Waals surface area contributed by atoms with E-state index in [1.165, 1.54) is 0 Å². The Morgan fingerprint density at radius 2 is 1.62 bits per heavy atom. The molecule has 0 saturated carbocycles. The van der Waals surface area contributed by atoms with Crippen molar-refractivity contribution in [3.05, 3.63) is 84.3 Å². The normalized spacial score (nSPS) is 12.5. The topological polar surface area (TPSA) is 118 Å². The average Bonchev–Trinajstić information content (AvgIpc) is 3.29. The van der Waals surface area contributed by atoms with Gasteiger partial charge in [0.1, 0.15) is 29.0 Å². The number of ether oxygens (including phenoxy) is 1. The van der Waals surface area contributed by atoms with E-state index in [2.05, 4.69) is 30.3 Å². The van der Waals surface area contributed by atoms with Gasteiger partial charge in [-0.1, -0.05) is 6.07 Å². The Morgan fingerprint density at radius 1 is 0.853 bits per heavy atom. The molecule has 1 aliphatic rings. The number of nitrogens with one attached hydrogen (secondary N) is 3. The summed E-state index contributed by atoms with van der Waals surface area (Å²) < 4.78 is 33.7. The van der Waals surface area contributed by atoms with E-state index in [0.29, 0.717) is 42.0 Å². The molecule has 172 valence electrons. The molecule has 0 amide bonds. The number of aryl methyl sites for hydroxylation is 1. The molecule has 10 heteroatoms. The summed E-state index contributed by atoms with van der Waals surface area (Å²) in [7, 11) is -3.71. The van der Waals surface area contributed by atoms with Gasteiger partial charge in [-0.2, -0.15) is 0 Å². The van der Waals surface area contributed by atoms with Gasteiger partial charge < -0.3 is 15.4 Å². The Morgan fingerprint density at radius 3 is 2.38 bits per heavy atom. The van der Waals surface area contributed by atoms with Crippen LogP contribution in [0.3, 0.4) is 0 Å². The molecule has 9 nitrogen and oxygen atoms in total. The van der Waals surface area contributed by atoms with E-state index in [9.17, 15) is 8.42 Å². The lowest BCUT2D eigenvalue weighted by atomic mass is 10.2. The summed E-state index contributed by atoms with van der Waals surface area (Å²) in [5, 5.41) is 6.37. The third-order valence-corrected chi connectivity index (χ3v) is 6.52. The highest BCUT2D eigenvalue weighted by molar-refractivity contribution is 7.92. The number of hydrogen-bond acceptors (Lipinski definition) is 8. The van der Waals surface area contributed by atoms with Crippen molar-refractivity contribution in [3.8, 4) is 5.75 Å². The van der Waals surface area contributed by atoms with Gasteiger partial charge in [0.25, 0.3) is 10.0 Å². The zero-order chi connectivity index (χ0) is 23.5. The van der Waals surface area contributed by atoms with Crippen LogP contribution in [-0.2, 0) is 16.4 Å². The monoisotopic (exact) mass is 474 g/mol. The molecule has 0 atom stereocenters. The number of nitrogens with zero attached hydrogens (tertiary/aromatic N) is 3. The molecule has 0 unspecified atom stereocenters. The van der Waals surface area contributed by atoms with E-state index < -0.39 is 10.0 Å². The minimum absolute atomic E-state index is 0.211. The van der Waals surface area contributed by atoms with Crippen LogP contribution >= 0.6 is 0 Å². The van der Waals surface area contributed by atoms with Gasteiger partial charge in [0.05, 0.1) is 11.5 Å². The molecular formula is C24H22N6O3S. The van der Waals surface area contributed by atoms with Crippen molar-refractivity contribution in [3.63, 3.8) is 0 Å². The Hall–Kier alpha value is -4.18. The van der Waals surface area contributed by atoms with Gasteiger partial charge in [-0.05, 0) is 67.1 Å². The SMILES string of the molecule is Cc1nc(Nc2ccc(NS(=O)(=O)c3ccc4c(c3)CCO4)cc2)cc(Nc2ccccn2)n1. The third-order valence-electron chi connectivity index (χ3n) is 5.14. The van der Waals surface area contributed by atoms with Crippen molar-refractivity contribution in [1.29, 1.82) is 0 Å². The largest absolute Gasteiger partial charge is 0.493 e. The van der Waals surface area contributed by atoms with E-state index in [-0.39, 0.29) is 4.90 Å². The number of rotatable bonds is 7. The van der Waals surface area contributed by atoms with E-state index in [4.69, 9.17) is 4.74 Å². The molecule has 3 heterocycles. The number of benzene rings is 2. The molecule has 0 radical (unpaired) electrons. The standard InChI is InChI=1S/C24H22N6O3S/c1-16-26-23(15-24(27-16)29-22-4-2-3-12-25-22)28-18-5-7-19(8-6-18)30-34(31,32)20-9-10-21-17(14-20)11-13-33-21/h2-10,12,14-15,30H,11,13H2,1H3,(H2,25,26,27,28,29). The Bertz CT molecular complexity index is 1430. The molecule has 34 heavy (non-hydrogen) atoms. The zero-order valence-corrected chi connectivity index (χ0v) is 19.1. The van der Waals surface area contributed by atoms with E-state index in [1.807, 2.05) is 18.2 Å². The lowest BCUT2D eigenvalue weighted by molar-refractivity contribution is 0.356. The van der Waals surface area contributed by atoms with Crippen LogP contribution in [0.5, 0.6) is 5.75 Å². The third kappa shape index (κ3) is 4.91. The minimum atomic E-state index is -3.71. The van der Waals surface area contributed by atoms with Crippen LogP contribution in [0.1, 0.15) is 11.4 Å². The van der Waals surface area contributed by atoms with Crippen molar-refractivity contribution in [2.45, 2.75) is 18.2 Å². The maximum atomic E-state index is 12.8. The first-order chi connectivity index (χ1) is 16.4. The van der Waals surface area contributed by atoms with Crippen molar-refractivity contribution >= 4 is 38.9 Å². The summed E-state index contributed by atoms with van der Waals surface area (Å²) in [5.74, 6) is 3.22. The van der Waals surface area contributed by atoms with Gasteiger partial charge in [0, 0.05) is 30.1 Å². The van der Waals surface area contributed by atoms with Crippen LogP contribution in [0.25, 0.3) is 0 Å². The van der Waals surface area contributed by atoms with Gasteiger partial charge >= 0.3 is 0 Å². The van der Waals surface area contributed by atoms with Crippen LogP contribution in [-0.4, -0.2) is 30.0 Å². The number of fused-ring (bicyclic) bond motifs is 1. The molecule has 0 aliphatic carbocycles. The van der Waals surface area contributed by atoms with Crippen molar-refractivity contribution in [2.24, 2.45) is 0 Å². The second-order valence-corrected chi connectivity index (χ2v) is 9.38. The fourth-order valence-corrected chi connectivity index (χ4v) is 4.69. The number of aromatic nitrogens is 3. The maximum Gasteiger partial charge on any atom is 0.261 e. The summed E-state index contributed by atoms with van der Waals surface area (Å²) in [5.41, 5.74) is 2.11. The molecular weight excluding hydrogens is 452 g/mol. The predicted octanol–water partition coefficient (Wildman–Crippen LogP) is 4.40. The first-order valence-electron chi connectivity index (χ1n) is 10.6. The molecule has 2 aromatic heterocycles. The summed E-state index contributed by atoms with van der Waals surface area (Å²) in [4.78, 5) is 13.3. The highest BCUT2D eigenvalue weighted by atomic mass is 32.2. The van der Waals surface area contributed by atoms with Crippen LogP contribution in [0.15, 0.2) is 77.8 Å². The first kappa shape index (κ1) is 21.7. The molecule has 3 N–H and O–H groups in total. The van der Waals surface area contributed by atoms with Gasteiger partial charge in [0.15, 0.2) is 0 Å². The summed E-state index contributed by atoms with van der Waals surface area (Å²) in [6.07, 6.45) is 2.41. The van der Waals surface area contributed by atoms with E-state index in [1.54, 1.807) is 61.7 Å². The van der Waals surface area contributed by atoms with Gasteiger partial charge in [0.2, 0.25) is 0 Å². The van der Waals surface area contributed by atoms with Crippen LogP contribution in [0.2, 0.25) is 0 Å². The molecule has 1 aliphatic heterocycles. The van der Waals surface area contributed by atoms with E-state index in [0.717, 1.165) is 17.0 Å². The fourth-order valence-electron chi connectivity index (χ4n) is 3.58.